The predicted octanol–water partition coefficient (Wildman–Crippen LogP) is 4.75. The van der Waals surface area contributed by atoms with Gasteiger partial charge in [-0.2, -0.15) is 11.8 Å². The van der Waals surface area contributed by atoms with Crippen LogP contribution < -0.4 is 10.6 Å². The van der Waals surface area contributed by atoms with E-state index in [0.29, 0.717) is 22.6 Å². The third-order valence-corrected chi connectivity index (χ3v) is 6.49. The minimum atomic E-state index is -0.319. The van der Waals surface area contributed by atoms with E-state index in [-0.39, 0.29) is 11.8 Å². The van der Waals surface area contributed by atoms with Crippen LogP contribution in [-0.4, -0.2) is 46.3 Å². The molecule has 1 aliphatic rings. The van der Waals surface area contributed by atoms with Crippen molar-refractivity contribution in [2.45, 2.75) is 20.4 Å². The molecule has 4 rings (SSSR count). The van der Waals surface area contributed by atoms with Gasteiger partial charge >= 0.3 is 0 Å². The summed E-state index contributed by atoms with van der Waals surface area (Å²) in [7, 11) is 0. The highest BCUT2D eigenvalue weighted by atomic mass is 32.2. The Morgan fingerprint density at radius 2 is 1.64 bits per heavy atom. The number of carbonyl (C=O) groups is 2. The van der Waals surface area contributed by atoms with Gasteiger partial charge < -0.3 is 10.6 Å². The van der Waals surface area contributed by atoms with Gasteiger partial charge in [0.2, 0.25) is 0 Å². The van der Waals surface area contributed by atoms with Crippen molar-refractivity contribution in [1.82, 2.24) is 9.88 Å². The molecule has 33 heavy (non-hydrogen) atoms. The number of hydrogen-bond donors (Lipinski definition) is 2. The Labute approximate surface area is 198 Å². The number of pyridine rings is 1. The van der Waals surface area contributed by atoms with Crippen LogP contribution in [0.15, 0.2) is 60.8 Å². The molecule has 6 nitrogen and oxygen atoms in total. The number of nitrogens with zero attached hydrogens (tertiary/aromatic N) is 2. The maximum absolute atomic E-state index is 12.9. The van der Waals surface area contributed by atoms with Gasteiger partial charge in [-0.3, -0.25) is 14.5 Å². The van der Waals surface area contributed by atoms with Crippen molar-refractivity contribution in [2.24, 2.45) is 0 Å². The van der Waals surface area contributed by atoms with Crippen molar-refractivity contribution >= 4 is 35.1 Å². The zero-order valence-corrected chi connectivity index (χ0v) is 19.7. The molecule has 0 spiro atoms. The largest absolute Gasteiger partial charge is 0.321 e. The van der Waals surface area contributed by atoms with Gasteiger partial charge in [-0.15, -0.1) is 0 Å². The number of thioether (sulfide) groups is 1. The van der Waals surface area contributed by atoms with Gasteiger partial charge in [-0.05, 0) is 55.3 Å². The van der Waals surface area contributed by atoms with E-state index >= 15 is 0 Å². The number of carbonyl (C=O) groups excluding carboxylic acids is 2. The van der Waals surface area contributed by atoms with E-state index in [1.807, 2.05) is 62.0 Å². The van der Waals surface area contributed by atoms with Gasteiger partial charge in [-0.25, -0.2) is 4.98 Å². The number of hydrogen-bond acceptors (Lipinski definition) is 5. The Hall–Kier alpha value is -3.16. The van der Waals surface area contributed by atoms with E-state index < -0.39 is 0 Å². The molecular weight excluding hydrogens is 432 g/mol. The summed E-state index contributed by atoms with van der Waals surface area (Å²) in [5, 5.41) is 5.70. The van der Waals surface area contributed by atoms with Gasteiger partial charge in [-0.1, -0.05) is 29.8 Å². The molecule has 0 radical (unpaired) electrons. The van der Waals surface area contributed by atoms with Crippen LogP contribution in [0, 0.1) is 13.8 Å². The monoisotopic (exact) mass is 460 g/mol. The lowest BCUT2D eigenvalue weighted by Crippen LogP contribution is -2.31. The molecule has 2 N–H and O–H groups in total. The fraction of sp³-hybridized carbons (Fsp3) is 0.269. The molecular formula is C26H28N4O2S. The molecule has 1 aromatic heterocycles. The van der Waals surface area contributed by atoms with Gasteiger partial charge in [0.25, 0.3) is 11.8 Å². The lowest BCUT2D eigenvalue weighted by Gasteiger charge is -2.26. The molecule has 2 heterocycles. The molecule has 0 unspecified atom stereocenters. The lowest BCUT2D eigenvalue weighted by molar-refractivity contribution is 0.102. The van der Waals surface area contributed by atoms with E-state index in [9.17, 15) is 9.59 Å². The zero-order chi connectivity index (χ0) is 23.2. The first-order chi connectivity index (χ1) is 16.0. The predicted molar refractivity (Wildman–Crippen MR) is 135 cm³/mol. The first-order valence-electron chi connectivity index (χ1n) is 11.0. The van der Waals surface area contributed by atoms with Crippen LogP contribution in [0.4, 0.5) is 11.5 Å². The summed E-state index contributed by atoms with van der Waals surface area (Å²) in [6, 6.07) is 16.7. The van der Waals surface area contributed by atoms with Crippen LogP contribution >= 0.6 is 11.8 Å². The fourth-order valence-corrected chi connectivity index (χ4v) is 4.63. The summed E-state index contributed by atoms with van der Waals surface area (Å²) in [5.74, 6) is 2.25. The van der Waals surface area contributed by atoms with Crippen molar-refractivity contribution in [3.63, 3.8) is 0 Å². The molecule has 1 saturated heterocycles. The second-order valence-electron chi connectivity index (χ2n) is 8.26. The summed E-state index contributed by atoms with van der Waals surface area (Å²) in [6.45, 7) is 6.95. The summed E-state index contributed by atoms with van der Waals surface area (Å²) in [6.07, 6.45) is 1.70. The van der Waals surface area contributed by atoms with Gasteiger partial charge in [0.05, 0.1) is 11.3 Å². The van der Waals surface area contributed by atoms with Crippen molar-refractivity contribution in [1.29, 1.82) is 0 Å². The number of rotatable bonds is 6. The highest BCUT2D eigenvalue weighted by Crippen LogP contribution is 2.21. The average molecular weight is 461 g/mol. The van der Waals surface area contributed by atoms with E-state index in [1.54, 1.807) is 24.4 Å². The molecule has 0 aliphatic carbocycles. The van der Waals surface area contributed by atoms with E-state index in [2.05, 4.69) is 20.5 Å². The Bertz CT molecular complexity index is 1120. The standard InChI is InChI=1S/C26H28N4O2S/c1-18-3-9-23(22(15-18)26(32)29-24-10-4-19(2)16-27-24)28-25(31)21-7-5-20(6-8-21)17-30-11-13-33-14-12-30/h3-10,15-16H,11-14,17H2,1-2H3,(H,28,31)(H,27,29,32). The number of nitrogens with one attached hydrogen (secondary N) is 2. The van der Waals surface area contributed by atoms with Crippen molar-refractivity contribution in [3.05, 3.63) is 88.6 Å². The lowest BCUT2D eigenvalue weighted by atomic mass is 10.1. The average Bonchev–Trinajstić information content (AvgIpc) is 2.83. The van der Waals surface area contributed by atoms with Crippen LogP contribution in [0.25, 0.3) is 0 Å². The Morgan fingerprint density at radius 1 is 0.909 bits per heavy atom. The molecule has 2 amide bonds. The second kappa shape index (κ2) is 10.6. The van der Waals surface area contributed by atoms with Crippen LogP contribution in [0.2, 0.25) is 0 Å². The second-order valence-corrected chi connectivity index (χ2v) is 9.49. The van der Waals surface area contributed by atoms with Crippen LogP contribution in [-0.2, 0) is 6.54 Å². The Kier molecular flexibility index (Phi) is 7.42. The third kappa shape index (κ3) is 6.21. The first kappa shape index (κ1) is 23.0. The minimum absolute atomic E-state index is 0.248. The summed E-state index contributed by atoms with van der Waals surface area (Å²) in [4.78, 5) is 32.5. The molecule has 7 heteroatoms. The van der Waals surface area contributed by atoms with Gasteiger partial charge in [0.1, 0.15) is 5.82 Å². The third-order valence-electron chi connectivity index (χ3n) is 5.55. The topological polar surface area (TPSA) is 74.3 Å². The number of benzene rings is 2. The molecule has 0 saturated carbocycles. The molecule has 1 fully saturated rings. The van der Waals surface area contributed by atoms with Gasteiger partial charge in [0.15, 0.2) is 0 Å². The van der Waals surface area contributed by atoms with Crippen LogP contribution in [0.5, 0.6) is 0 Å². The molecule has 0 atom stereocenters. The first-order valence-corrected chi connectivity index (χ1v) is 12.2. The quantitative estimate of drug-likeness (QED) is 0.555. The molecule has 2 aromatic carbocycles. The van der Waals surface area contributed by atoms with Crippen molar-refractivity contribution in [3.8, 4) is 0 Å². The minimum Gasteiger partial charge on any atom is -0.321 e. The summed E-state index contributed by atoms with van der Waals surface area (Å²) >= 11 is 1.99. The van der Waals surface area contributed by atoms with Gasteiger partial charge in [0, 0.05) is 42.9 Å². The van der Waals surface area contributed by atoms with Crippen LogP contribution in [0.3, 0.4) is 0 Å². The molecule has 1 aliphatic heterocycles. The van der Waals surface area contributed by atoms with Crippen LogP contribution in [0.1, 0.15) is 37.4 Å². The highest BCUT2D eigenvalue weighted by molar-refractivity contribution is 7.99. The van der Waals surface area contributed by atoms with E-state index in [4.69, 9.17) is 0 Å². The normalized spacial score (nSPS) is 14.0. The number of aryl methyl sites for hydroxylation is 2. The fourth-order valence-electron chi connectivity index (χ4n) is 3.65. The Morgan fingerprint density at radius 3 is 2.33 bits per heavy atom. The number of aromatic nitrogens is 1. The maximum Gasteiger partial charge on any atom is 0.258 e. The van der Waals surface area contributed by atoms with E-state index in [1.165, 1.54) is 17.1 Å². The highest BCUT2D eigenvalue weighted by Gasteiger charge is 2.16. The summed E-state index contributed by atoms with van der Waals surface area (Å²) < 4.78 is 0. The zero-order valence-electron chi connectivity index (χ0n) is 18.9. The van der Waals surface area contributed by atoms with Crippen molar-refractivity contribution in [2.75, 3.05) is 35.2 Å². The van der Waals surface area contributed by atoms with Crippen molar-refractivity contribution < 1.29 is 9.59 Å². The SMILES string of the molecule is Cc1ccc(NC(=O)c2cc(C)ccc2NC(=O)c2ccc(CN3CCSCC3)cc2)nc1. The smallest absolute Gasteiger partial charge is 0.258 e. The Balaban J connectivity index is 1.45. The maximum atomic E-state index is 12.9. The van der Waals surface area contributed by atoms with E-state index in [0.717, 1.165) is 30.8 Å². The molecule has 0 bridgehead atoms. The molecule has 170 valence electrons. The summed E-state index contributed by atoms with van der Waals surface area (Å²) in [5.41, 5.74) is 4.54. The number of anilines is 2. The molecule has 3 aromatic rings. The number of amides is 2.